The number of anilines is 1. The first-order valence-electron chi connectivity index (χ1n) is 6.42. The summed E-state index contributed by atoms with van der Waals surface area (Å²) in [5.41, 5.74) is 1.11. The smallest absolute Gasteiger partial charge is 0.120 e. The largest absolute Gasteiger partial charge is 0.497 e. The molecule has 0 aromatic heterocycles. The van der Waals surface area contributed by atoms with E-state index in [9.17, 15) is 0 Å². The zero-order valence-electron chi connectivity index (χ0n) is 11.7. The van der Waals surface area contributed by atoms with Gasteiger partial charge in [0.2, 0.25) is 0 Å². The van der Waals surface area contributed by atoms with Crippen LogP contribution in [-0.2, 0) is 0 Å². The highest BCUT2D eigenvalue weighted by atomic mass is 79.9. The van der Waals surface area contributed by atoms with Gasteiger partial charge in [0.15, 0.2) is 0 Å². The molecule has 3 nitrogen and oxygen atoms in total. The first kappa shape index (κ1) is 14.7. The highest BCUT2D eigenvalue weighted by Gasteiger charge is 2.02. The lowest BCUT2D eigenvalue weighted by Crippen LogP contribution is -2.23. The van der Waals surface area contributed by atoms with Gasteiger partial charge in [-0.25, -0.2) is 0 Å². The Kier molecular flexibility index (Phi) is 5.30. The third-order valence-corrected chi connectivity index (χ3v) is 3.53. The summed E-state index contributed by atoms with van der Waals surface area (Å²) in [5, 5.41) is 0. The Hall–Kier alpha value is -1.68. The van der Waals surface area contributed by atoms with E-state index in [1.165, 1.54) is 0 Å². The fourth-order valence-corrected chi connectivity index (χ4v) is 2.07. The molecule has 0 heterocycles. The van der Waals surface area contributed by atoms with Crippen LogP contribution in [0.3, 0.4) is 0 Å². The summed E-state index contributed by atoms with van der Waals surface area (Å²) in [6.07, 6.45) is 0. The maximum atomic E-state index is 5.72. The zero-order chi connectivity index (χ0) is 14.4. The quantitative estimate of drug-likeness (QED) is 0.797. The third-order valence-electron chi connectivity index (χ3n) is 3.00. The Morgan fingerprint density at radius 1 is 1.05 bits per heavy atom. The fraction of sp³-hybridized carbons (Fsp3) is 0.250. The Morgan fingerprint density at radius 3 is 2.50 bits per heavy atom. The first-order valence-corrected chi connectivity index (χ1v) is 7.22. The van der Waals surface area contributed by atoms with E-state index < -0.39 is 0 Å². The summed E-state index contributed by atoms with van der Waals surface area (Å²) >= 11 is 3.41. The molecule has 0 spiro atoms. The third kappa shape index (κ3) is 4.17. The van der Waals surface area contributed by atoms with Gasteiger partial charge in [0.1, 0.15) is 18.1 Å². The van der Waals surface area contributed by atoms with Crippen LogP contribution >= 0.6 is 15.9 Å². The van der Waals surface area contributed by atoms with Gasteiger partial charge in [-0.2, -0.15) is 0 Å². The summed E-state index contributed by atoms with van der Waals surface area (Å²) in [4.78, 5) is 2.14. The second-order valence-electron chi connectivity index (χ2n) is 4.43. The lowest BCUT2D eigenvalue weighted by molar-refractivity contribution is 0.326. The molecule has 0 N–H and O–H groups in total. The van der Waals surface area contributed by atoms with Crippen molar-refractivity contribution >= 4 is 21.6 Å². The molecular formula is C16H18BrNO2. The van der Waals surface area contributed by atoms with Crippen LogP contribution in [-0.4, -0.2) is 27.3 Å². The molecule has 2 aromatic rings. The molecule has 0 saturated heterocycles. The molecule has 2 aromatic carbocycles. The van der Waals surface area contributed by atoms with E-state index in [0.717, 1.165) is 28.2 Å². The van der Waals surface area contributed by atoms with Gasteiger partial charge < -0.3 is 14.4 Å². The number of hydrogen-bond acceptors (Lipinski definition) is 3. The molecule has 4 heteroatoms. The summed E-state index contributed by atoms with van der Waals surface area (Å²) in [7, 11) is 3.72. The molecule has 0 fully saturated rings. The van der Waals surface area contributed by atoms with Gasteiger partial charge in [-0.1, -0.05) is 22.0 Å². The van der Waals surface area contributed by atoms with Crippen LogP contribution in [0.25, 0.3) is 0 Å². The van der Waals surface area contributed by atoms with Gasteiger partial charge >= 0.3 is 0 Å². The van der Waals surface area contributed by atoms with Crippen molar-refractivity contribution in [2.24, 2.45) is 0 Å². The highest BCUT2D eigenvalue weighted by molar-refractivity contribution is 9.10. The van der Waals surface area contributed by atoms with E-state index in [1.807, 2.05) is 49.5 Å². The molecule has 106 valence electrons. The SMILES string of the molecule is COc1cccc(N(C)CCOc2ccc(Br)cc2)c1. The Bertz CT molecular complexity index is 542. The van der Waals surface area contributed by atoms with Crippen molar-refractivity contribution in [3.8, 4) is 11.5 Å². The molecule has 0 saturated carbocycles. The van der Waals surface area contributed by atoms with E-state index in [2.05, 4.69) is 26.9 Å². The number of benzene rings is 2. The van der Waals surface area contributed by atoms with Crippen molar-refractivity contribution in [1.29, 1.82) is 0 Å². The van der Waals surface area contributed by atoms with Gasteiger partial charge in [-0.15, -0.1) is 0 Å². The molecule has 0 radical (unpaired) electrons. The molecule has 0 aliphatic carbocycles. The summed E-state index contributed by atoms with van der Waals surface area (Å²) < 4.78 is 12.0. The lowest BCUT2D eigenvalue weighted by atomic mass is 10.3. The van der Waals surface area contributed by atoms with Gasteiger partial charge in [0.25, 0.3) is 0 Å². The van der Waals surface area contributed by atoms with Crippen LogP contribution in [0.1, 0.15) is 0 Å². The molecule has 0 amide bonds. The summed E-state index contributed by atoms with van der Waals surface area (Å²) in [5.74, 6) is 1.75. The predicted molar refractivity (Wildman–Crippen MR) is 85.9 cm³/mol. The van der Waals surface area contributed by atoms with Crippen LogP contribution < -0.4 is 14.4 Å². The average Bonchev–Trinajstić information content (AvgIpc) is 2.49. The Morgan fingerprint density at radius 2 is 1.80 bits per heavy atom. The molecule has 0 atom stereocenters. The van der Waals surface area contributed by atoms with Crippen LogP contribution in [0, 0.1) is 0 Å². The molecule has 20 heavy (non-hydrogen) atoms. The van der Waals surface area contributed by atoms with Crippen LogP contribution in [0.15, 0.2) is 53.0 Å². The Balaban J connectivity index is 1.85. The number of nitrogens with zero attached hydrogens (tertiary/aromatic N) is 1. The second kappa shape index (κ2) is 7.20. The Labute approximate surface area is 128 Å². The number of rotatable bonds is 6. The predicted octanol–water partition coefficient (Wildman–Crippen LogP) is 3.97. The number of hydrogen-bond donors (Lipinski definition) is 0. The van der Waals surface area contributed by atoms with E-state index >= 15 is 0 Å². The van der Waals surface area contributed by atoms with Crippen molar-refractivity contribution in [3.05, 3.63) is 53.0 Å². The van der Waals surface area contributed by atoms with Gasteiger partial charge in [0.05, 0.1) is 13.7 Å². The second-order valence-corrected chi connectivity index (χ2v) is 5.34. The molecule has 0 unspecified atom stereocenters. The van der Waals surface area contributed by atoms with Crippen molar-refractivity contribution < 1.29 is 9.47 Å². The van der Waals surface area contributed by atoms with Crippen molar-refractivity contribution in [3.63, 3.8) is 0 Å². The van der Waals surface area contributed by atoms with Crippen LogP contribution in [0.5, 0.6) is 11.5 Å². The minimum atomic E-state index is 0.634. The van der Waals surface area contributed by atoms with Gasteiger partial charge in [-0.05, 0) is 36.4 Å². The minimum absolute atomic E-state index is 0.634. The fourth-order valence-electron chi connectivity index (χ4n) is 1.81. The number of ether oxygens (including phenoxy) is 2. The van der Waals surface area contributed by atoms with Crippen molar-refractivity contribution in [1.82, 2.24) is 0 Å². The molecule has 0 aliphatic heterocycles. The van der Waals surface area contributed by atoms with Gasteiger partial charge in [0, 0.05) is 23.3 Å². The first-order chi connectivity index (χ1) is 9.69. The zero-order valence-corrected chi connectivity index (χ0v) is 13.3. The standard InChI is InChI=1S/C16H18BrNO2/c1-18(14-4-3-5-16(12-14)19-2)10-11-20-15-8-6-13(17)7-9-15/h3-9,12H,10-11H2,1-2H3. The molecular weight excluding hydrogens is 318 g/mol. The summed E-state index contributed by atoms with van der Waals surface area (Å²) in [6, 6.07) is 15.9. The maximum Gasteiger partial charge on any atom is 0.120 e. The monoisotopic (exact) mass is 335 g/mol. The van der Waals surface area contributed by atoms with E-state index in [0.29, 0.717) is 6.61 Å². The highest BCUT2D eigenvalue weighted by Crippen LogP contribution is 2.20. The number of methoxy groups -OCH3 is 1. The molecule has 0 aliphatic rings. The van der Waals surface area contributed by atoms with Crippen molar-refractivity contribution in [2.75, 3.05) is 32.2 Å². The van der Waals surface area contributed by atoms with Crippen molar-refractivity contribution in [2.45, 2.75) is 0 Å². The maximum absolute atomic E-state index is 5.72. The van der Waals surface area contributed by atoms with E-state index in [1.54, 1.807) is 7.11 Å². The molecule has 0 bridgehead atoms. The molecule has 2 rings (SSSR count). The van der Waals surface area contributed by atoms with Gasteiger partial charge in [-0.3, -0.25) is 0 Å². The average molecular weight is 336 g/mol. The number of halogens is 1. The van der Waals surface area contributed by atoms with E-state index in [-0.39, 0.29) is 0 Å². The number of likely N-dealkylation sites (N-methyl/N-ethyl adjacent to an activating group) is 1. The van der Waals surface area contributed by atoms with Crippen LogP contribution in [0.2, 0.25) is 0 Å². The summed E-state index contributed by atoms with van der Waals surface area (Å²) in [6.45, 7) is 1.44. The minimum Gasteiger partial charge on any atom is -0.497 e. The lowest BCUT2D eigenvalue weighted by Gasteiger charge is -2.20. The van der Waals surface area contributed by atoms with E-state index in [4.69, 9.17) is 9.47 Å². The normalized spacial score (nSPS) is 10.2. The van der Waals surface area contributed by atoms with Crippen LogP contribution in [0.4, 0.5) is 5.69 Å². The topological polar surface area (TPSA) is 21.7 Å².